The second-order valence-electron chi connectivity index (χ2n) is 5.16. The van der Waals surface area contributed by atoms with Gasteiger partial charge in [-0.25, -0.2) is 0 Å². The Morgan fingerprint density at radius 3 is 2.37 bits per heavy atom. The molecule has 19 heavy (non-hydrogen) atoms. The number of hydrogen-bond acceptors (Lipinski definition) is 0. The molecule has 0 radical (unpaired) electrons. The topological polar surface area (TPSA) is 15.8 Å². The van der Waals surface area contributed by atoms with Gasteiger partial charge in [0.2, 0.25) is 0 Å². The molecule has 0 saturated carbocycles. The van der Waals surface area contributed by atoms with Gasteiger partial charge in [-0.1, -0.05) is 61.8 Å². The van der Waals surface area contributed by atoms with Crippen LogP contribution in [0.2, 0.25) is 5.02 Å². The molecule has 3 rings (SSSR count). The zero-order chi connectivity index (χ0) is 13.4. The molecule has 2 heteroatoms. The van der Waals surface area contributed by atoms with Crippen LogP contribution >= 0.6 is 11.6 Å². The van der Waals surface area contributed by atoms with Crippen molar-refractivity contribution < 1.29 is 0 Å². The number of para-hydroxylation sites is 1. The van der Waals surface area contributed by atoms with E-state index < -0.39 is 0 Å². The van der Waals surface area contributed by atoms with Crippen LogP contribution in [0.15, 0.2) is 48.5 Å². The lowest BCUT2D eigenvalue weighted by Gasteiger charge is -2.05. The van der Waals surface area contributed by atoms with Crippen LogP contribution in [0.4, 0.5) is 0 Å². The molecule has 0 saturated heterocycles. The van der Waals surface area contributed by atoms with Crippen molar-refractivity contribution >= 4 is 22.5 Å². The number of nitrogens with one attached hydrogen (secondary N) is 1. The van der Waals surface area contributed by atoms with Crippen molar-refractivity contribution in [3.05, 3.63) is 59.1 Å². The lowest BCUT2D eigenvalue weighted by atomic mass is 10.0. The highest BCUT2D eigenvalue weighted by atomic mass is 35.5. The van der Waals surface area contributed by atoms with Crippen molar-refractivity contribution in [3.63, 3.8) is 0 Å². The van der Waals surface area contributed by atoms with Crippen molar-refractivity contribution in [2.75, 3.05) is 0 Å². The molecular formula is C17H16ClN. The molecule has 1 heterocycles. The van der Waals surface area contributed by atoms with Crippen LogP contribution in [0.3, 0.4) is 0 Å². The normalized spacial score (nSPS) is 11.4. The summed E-state index contributed by atoms with van der Waals surface area (Å²) >= 11 is 6.19. The van der Waals surface area contributed by atoms with Gasteiger partial charge in [-0.15, -0.1) is 0 Å². The summed E-state index contributed by atoms with van der Waals surface area (Å²) < 4.78 is 0. The molecule has 1 N–H and O–H groups in total. The molecule has 0 bridgehead atoms. The molecule has 0 unspecified atom stereocenters. The van der Waals surface area contributed by atoms with Crippen molar-refractivity contribution in [2.24, 2.45) is 0 Å². The standard InChI is InChI=1S/C17H16ClN/c1-11(2)12-6-8-13(9-7-12)16-10-14-4-3-5-15(18)17(14)19-16/h3-11,19H,1-2H3. The number of aromatic amines is 1. The van der Waals surface area contributed by atoms with Crippen LogP contribution in [0.1, 0.15) is 25.3 Å². The zero-order valence-corrected chi connectivity index (χ0v) is 11.8. The maximum Gasteiger partial charge on any atom is 0.0648 e. The summed E-state index contributed by atoms with van der Waals surface area (Å²) in [6, 6.07) is 16.8. The monoisotopic (exact) mass is 269 g/mol. The molecule has 3 aromatic rings. The molecule has 0 fully saturated rings. The fourth-order valence-corrected chi connectivity index (χ4v) is 2.55. The first kappa shape index (κ1) is 12.3. The fraction of sp³-hybridized carbons (Fsp3) is 0.176. The number of fused-ring (bicyclic) bond motifs is 1. The Kier molecular flexibility index (Phi) is 3.08. The van der Waals surface area contributed by atoms with Crippen molar-refractivity contribution in [2.45, 2.75) is 19.8 Å². The number of aromatic nitrogens is 1. The van der Waals surface area contributed by atoms with Gasteiger partial charge in [0, 0.05) is 11.1 Å². The summed E-state index contributed by atoms with van der Waals surface area (Å²) in [6.45, 7) is 4.41. The van der Waals surface area contributed by atoms with Crippen LogP contribution in [-0.2, 0) is 0 Å². The van der Waals surface area contributed by atoms with Gasteiger partial charge in [0.1, 0.15) is 0 Å². The van der Waals surface area contributed by atoms with E-state index in [9.17, 15) is 0 Å². The van der Waals surface area contributed by atoms with E-state index >= 15 is 0 Å². The minimum atomic E-state index is 0.561. The Bertz CT molecular complexity index is 708. The number of rotatable bonds is 2. The second-order valence-corrected chi connectivity index (χ2v) is 5.57. The molecular weight excluding hydrogens is 254 g/mol. The van der Waals surface area contributed by atoms with Crippen molar-refractivity contribution in [1.82, 2.24) is 4.98 Å². The lowest BCUT2D eigenvalue weighted by Crippen LogP contribution is -1.86. The molecule has 0 amide bonds. The second kappa shape index (κ2) is 4.75. The molecule has 0 atom stereocenters. The molecule has 0 aliphatic rings. The number of halogens is 1. The molecule has 1 aromatic heterocycles. The smallest absolute Gasteiger partial charge is 0.0648 e. The van der Waals surface area contributed by atoms with Gasteiger partial charge in [0.25, 0.3) is 0 Å². The Labute approximate surface area is 118 Å². The average Bonchev–Trinajstić information content (AvgIpc) is 2.84. The third-order valence-electron chi connectivity index (χ3n) is 3.49. The van der Waals surface area contributed by atoms with E-state index in [1.54, 1.807) is 0 Å². The van der Waals surface area contributed by atoms with Gasteiger partial charge in [0.05, 0.1) is 10.5 Å². The molecule has 2 aromatic carbocycles. The molecule has 0 aliphatic heterocycles. The van der Waals surface area contributed by atoms with Gasteiger partial charge in [-0.05, 0) is 29.2 Å². The Balaban J connectivity index is 2.06. The largest absolute Gasteiger partial charge is 0.353 e. The van der Waals surface area contributed by atoms with Crippen molar-refractivity contribution in [3.8, 4) is 11.3 Å². The first-order chi connectivity index (χ1) is 9.15. The van der Waals surface area contributed by atoms with E-state index in [4.69, 9.17) is 11.6 Å². The average molecular weight is 270 g/mol. The third-order valence-corrected chi connectivity index (χ3v) is 3.81. The van der Waals surface area contributed by atoms with E-state index in [1.807, 2.05) is 12.1 Å². The molecule has 0 aliphatic carbocycles. The fourth-order valence-electron chi connectivity index (χ4n) is 2.32. The SMILES string of the molecule is CC(C)c1ccc(-c2cc3cccc(Cl)c3[nH]2)cc1. The van der Waals surface area contributed by atoms with E-state index in [0.29, 0.717) is 5.92 Å². The number of benzene rings is 2. The minimum Gasteiger partial charge on any atom is -0.353 e. The van der Waals surface area contributed by atoms with Crippen LogP contribution in [0.25, 0.3) is 22.2 Å². The van der Waals surface area contributed by atoms with Gasteiger partial charge in [-0.2, -0.15) is 0 Å². The van der Waals surface area contributed by atoms with E-state index in [-0.39, 0.29) is 0 Å². The first-order valence-corrected chi connectivity index (χ1v) is 6.90. The summed E-state index contributed by atoms with van der Waals surface area (Å²) in [6.07, 6.45) is 0. The highest BCUT2D eigenvalue weighted by Crippen LogP contribution is 2.29. The van der Waals surface area contributed by atoms with E-state index in [0.717, 1.165) is 21.6 Å². The van der Waals surface area contributed by atoms with Crippen LogP contribution in [0, 0.1) is 0 Å². The predicted molar refractivity (Wildman–Crippen MR) is 82.8 cm³/mol. The maximum absolute atomic E-state index is 6.19. The maximum atomic E-state index is 6.19. The molecule has 96 valence electrons. The summed E-state index contributed by atoms with van der Waals surface area (Å²) in [5, 5.41) is 1.91. The third kappa shape index (κ3) is 2.26. The molecule has 0 spiro atoms. The zero-order valence-electron chi connectivity index (χ0n) is 11.1. The van der Waals surface area contributed by atoms with Gasteiger partial charge in [-0.3, -0.25) is 0 Å². The summed E-state index contributed by atoms with van der Waals surface area (Å²) in [7, 11) is 0. The van der Waals surface area contributed by atoms with Crippen molar-refractivity contribution in [1.29, 1.82) is 0 Å². The highest BCUT2D eigenvalue weighted by Gasteiger charge is 2.06. The lowest BCUT2D eigenvalue weighted by molar-refractivity contribution is 0.867. The van der Waals surface area contributed by atoms with Crippen LogP contribution in [-0.4, -0.2) is 4.98 Å². The Morgan fingerprint density at radius 2 is 1.74 bits per heavy atom. The Morgan fingerprint density at radius 1 is 1.00 bits per heavy atom. The summed E-state index contributed by atoms with van der Waals surface area (Å²) in [5.41, 5.74) is 4.67. The van der Waals surface area contributed by atoms with Crippen LogP contribution < -0.4 is 0 Å². The quantitative estimate of drug-likeness (QED) is 0.622. The van der Waals surface area contributed by atoms with E-state index in [1.165, 1.54) is 11.1 Å². The number of H-pyrrole nitrogens is 1. The molecule has 1 nitrogen and oxygen atoms in total. The van der Waals surface area contributed by atoms with Gasteiger partial charge >= 0.3 is 0 Å². The highest BCUT2D eigenvalue weighted by molar-refractivity contribution is 6.35. The van der Waals surface area contributed by atoms with E-state index in [2.05, 4.69) is 55.2 Å². The summed E-state index contributed by atoms with van der Waals surface area (Å²) in [4.78, 5) is 3.40. The van der Waals surface area contributed by atoms with Gasteiger partial charge in [0.15, 0.2) is 0 Å². The van der Waals surface area contributed by atoms with Crippen LogP contribution in [0.5, 0.6) is 0 Å². The number of hydrogen-bond donors (Lipinski definition) is 1. The Hall–Kier alpha value is -1.73. The summed E-state index contributed by atoms with van der Waals surface area (Å²) in [5.74, 6) is 0.561. The predicted octanol–water partition coefficient (Wildman–Crippen LogP) is 5.61. The van der Waals surface area contributed by atoms with Gasteiger partial charge < -0.3 is 4.98 Å². The first-order valence-electron chi connectivity index (χ1n) is 6.53. The minimum absolute atomic E-state index is 0.561.